The SMILES string of the molecule is CC#CCC(C)(C)[C@H](O)/C=C/[C@H]1C=CC(=O)[C@@H]1C/C=C\CCCC(=O)O. The van der Waals surface area contributed by atoms with Crippen molar-refractivity contribution in [2.24, 2.45) is 17.3 Å². The molecule has 0 aromatic rings. The molecule has 0 aromatic heterocycles. The fourth-order valence-electron chi connectivity index (χ4n) is 2.77. The Morgan fingerprint density at radius 2 is 2.12 bits per heavy atom. The summed E-state index contributed by atoms with van der Waals surface area (Å²) in [5, 5.41) is 19.0. The Hall–Kier alpha value is -2.12. The van der Waals surface area contributed by atoms with Crippen LogP contribution in [0, 0.1) is 29.1 Å². The summed E-state index contributed by atoms with van der Waals surface area (Å²) in [7, 11) is 0. The number of aliphatic carboxylic acids is 1. The number of ketones is 1. The summed E-state index contributed by atoms with van der Waals surface area (Å²) in [6, 6.07) is 0. The van der Waals surface area contributed by atoms with Gasteiger partial charge in [-0.2, -0.15) is 0 Å². The van der Waals surface area contributed by atoms with Gasteiger partial charge < -0.3 is 10.2 Å². The van der Waals surface area contributed by atoms with E-state index in [1.54, 1.807) is 19.1 Å². The molecule has 0 saturated heterocycles. The number of rotatable bonds is 10. The lowest BCUT2D eigenvalue weighted by atomic mass is 9.82. The number of aliphatic hydroxyl groups excluding tert-OH is 1. The molecule has 4 heteroatoms. The van der Waals surface area contributed by atoms with Crippen LogP contribution in [0.25, 0.3) is 0 Å². The second-order valence-corrected chi connectivity index (χ2v) is 7.36. The molecule has 0 fully saturated rings. The van der Waals surface area contributed by atoms with Gasteiger partial charge in [0.15, 0.2) is 5.78 Å². The predicted octanol–water partition coefficient (Wildman–Crippen LogP) is 3.92. The van der Waals surface area contributed by atoms with E-state index in [1.165, 1.54) is 0 Å². The van der Waals surface area contributed by atoms with Gasteiger partial charge in [0.2, 0.25) is 0 Å². The van der Waals surface area contributed by atoms with Gasteiger partial charge in [0.05, 0.1) is 6.10 Å². The first kappa shape index (κ1) is 21.9. The van der Waals surface area contributed by atoms with Crippen LogP contribution in [0.3, 0.4) is 0 Å². The average molecular weight is 358 g/mol. The number of carbonyl (C=O) groups is 2. The first-order valence-corrected chi connectivity index (χ1v) is 9.12. The van der Waals surface area contributed by atoms with Gasteiger partial charge in [-0.3, -0.25) is 9.59 Å². The second kappa shape index (κ2) is 10.8. The Morgan fingerprint density at radius 3 is 2.77 bits per heavy atom. The van der Waals surface area contributed by atoms with Crippen molar-refractivity contribution in [3.63, 3.8) is 0 Å². The summed E-state index contributed by atoms with van der Waals surface area (Å²) in [4.78, 5) is 22.5. The summed E-state index contributed by atoms with van der Waals surface area (Å²) in [5.41, 5.74) is -0.342. The van der Waals surface area contributed by atoms with Crippen molar-refractivity contribution >= 4 is 11.8 Å². The molecule has 0 saturated carbocycles. The van der Waals surface area contributed by atoms with E-state index < -0.39 is 12.1 Å². The van der Waals surface area contributed by atoms with Crippen LogP contribution in [0.15, 0.2) is 36.5 Å². The number of aliphatic hydroxyl groups is 1. The Bertz CT molecular complexity index is 628. The molecule has 0 unspecified atom stereocenters. The average Bonchev–Trinajstić information content (AvgIpc) is 2.93. The van der Waals surface area contributed by atoms with Crippen LogP contribution >= 0.6 is 0 Å². The van der Waals surface area contributed by atoms with Gasteiger partial charge in [-0.25, -0.2) is 0 Å². The molecular formula is C22H30O4. The smallest absolute Gasteiger partial charge is 0.303 e. The van der Waals surface area contributed by atoms with Gasteiger partial charge in [-0.05, 0) is 32.3 Å². The number of hydrogen-bond acceptors (Lipinski definition) is 3. The first-order chi connectivity index (χ1) is 12.3. The van der Waals surface area contributed by atoms with Gasteiger partial charge in [-0.1, -0.05) is 44.2 Å². The van der Waals surface area contributed by atoms with E-state index in [0.717, 1.165) is 0 Å². The van der Waals surface area contributed by atoms with E-state index in [-0.39, 0.29) is 29.5 Å². The zero-order chi connectivity index (χ0) is 19.6. The third-order valence-electron chi connectivity index (χ3n) is 4.67. The topological polar surface area (TPSA) is 74.6 Å². The van der Waals surface area contributed by atoms with E-state index in [0.29, 0.717) is 25.7 Å². The molecule has 26 heavy (non-hydrogen) atoms. The molecule has 0 radical (unpaired) electrons. The fourth-order valence-corrected chi connectivity index (χ4v) is 2.77. The highest BCUT2D eigenvalue weighted by atomic mass is 16.4. The van der Waals surface area contributed by atoms with Crippen LogP contribution in [-0.2, 0) is 9.59 Å². The first-order valence-electron chi connectivity index (χ1n) is 9.12. The van der Waals surface area contributed by atoms with Gasteiger partial charge in [-0.15, -0.1) is 11.8 Å². The van der Waals surface area contributed by atoms with Crippen molar-refractivity contribution in [2.75, 3.05) is 0 Å². The minimum absolute atomic E-state index is 0.0196. The standard InChI is InChI=1S/C22H30O4/c1-4-5-16-22(2,3)20(24)15-13-17-12-14-19(23)18(17)10-8-6-7-9-11-21(25)26/h6,8,12-15,17-18,20,24H,7,9-11,16H2,1-3H3,(H,25,26)/b8-6-,15-13+/t17-,18-,20-/m1/s1. The summed E-state index contributed by atoms with van der Waals surface area (Å²) in [6.07, 6.45) is 13.1. The molecule has 3 atom stereocenters. The molecule has 0 spiro atoms. The van der Waals surface area contributed by atoms with Crippen LogP contribution in [-0.4, -0.2) is 28.1 Å². The highest BCUT2D eigenvalue weighted by Gasteiger charge is 2.29. The van der Waals surface area contributed by atoms with Crippen LogP contribution in [0.4, 0.5) is 0 Å². The molecule has 4 nitrogen and oxygen atoms in total. The lowest BCUT2D eigenvalue weighted by molar-refractivity contribution is -0.137. The van der Waals surface area contributed by atoms with Crippen molar-refractivity contribution in [1.82, 2.24) is 0 Å². The molecule has 1 rings (SSSR count). The summed E-state index contributed by atoms with van der Waals surface area (Å²) in [6.45, 7) is 5.73. The number of allylic oxidation sites excluding steroid dienone is 5. The Labute approximate surface area is 156 Å². The maximum Gasteiger partial charge on any atom is 0.303 e. The minimum atomic E-state index is -0.787. The summed E-state index contributed by atoms with van der Waals surface area (Å²) >= 11 is 0. The molecule has 0 aliphatic heterocycles. The second-order valence-electron chi connectivity index (χ2n) is 7.36. The molecule has 142 valence electrons. The van der Waals surface area contributed by atoms with Crippen LogP contribution < -0.4 is 0 Å². The highest BCUT2D eigenvalue weighted by molar-refractivity contribution is 5.95. The zero-order valence-electron chi connectivity index (χ0n) is 15.9. The maximum absolute atomic E-state index is 12.1. The molecule has 0 aromatic carbocycles. The van der Waals surface area contributed by atoms with E-state index >= 15 is 0 Å². The normalized spacial score (nSPS) is 21.3. The molecule has 0 heterocycles. The van der Waals surface area contributed by atoms with Crippen molar-refractivity contribution in [3.8, 4) is 11.8 Å². The maximum atomic E-state index is 12.1. The predicted molar refractivity (Wildman–Crippen MR) is 103 cm³/mol. The monoisotopic (exact) mass is 358 g/mol. The number of carboxylic acid groups (broad SMARTS) is 1. The summed E-state index contributed by atoms with van der Waals surface area (Å²) < 4.78 is 0. The van der Waals surface area contributed by atoms with Gasteiger partial charge >= 0.3 is 5.97 Å². The van der Waals surface area contributed by atoms with Crippen LogP contribution in [0.5, 0.6) is 0 Å². The van der Waals surface area contributed by atoms with E-state index in [1.807, 2.05) is 38.2 Å². The van der Waals surface area contributed by atoms with Crippen molar-refractivity contribution in [2.45, 2.75) is 59.0 Å². The van der Waals surface area contributed by atoms with Gasteiger partial charge in [0.25, 0.3) is 0 Å². The lowest BCUT2D eigenvalue weighted by Crippen LogP contribution is -2.27. The zero-order valence-corrected chi connectivity index (χ0v) is 15.9. The largest absolute Gasteiger partial charge is 0.481 e. The number of carboxylic acids is 1. The van der Waals surface area contributed by atoms with Gasteiger partial charge in [0, 0.05) is 30.1 Å². The molecule has 1 aliphatic carbocycles. The van der Waals surface area contributed by atoms with Crippen molar-refractivity contribution in [1.29, 1.82) is 0 Å². The molecule has 1 aliphatic rings. The molecule has 2 N–H and O–H groups in total. The van der Waals surface area contributed by atoms with Gasteiger partial charge in [0.1, 0.15) is 0 Å². The third kappa shape index (κ3) is 7.41. The third-order valence-corrected chi connectivity index (χ3v) is 4.67. The molecule has 0 amide bonds. The van der Waals surface area contributed by atoms with Crippen molar-refractivity contribution < 1.29 is 19.8 Å². The summed E-state index contributed by atoms with van der Waals surface area (Å²) in [5.74, 6) is 5.00. The Kier molecular flexibility index (Phi) is 9.09. The van der Waals surface area contributed by atoms with Crippen molar-refractivity contribution in [3.05, 3.63) is 36.5 Å². The quantitative estimate of drug-likeness (QED) is 0.353. The molecular weight excluding hydrogens is 328 g/mol. The minimum Gasteiger partial charge on any atom is -0.481 e. The van der Waals surface area contributed by atoms with E-state index in [9.17, 15) is 14.7 Å². The Balaban J connectivity index is 2.57. The fraction of sp³-hybridized carbons (Fsp3) is 0.545. The number of carbonyl (C=O) groups excluding carboxylic acids is 1. The lowest BCUT2D eigenvalue weighted by Gasteiger charge is -2.26. The Morgan fingerprint density at radius 1 is 1.38 bits per heavy atom. The van der Waals surface area contributed by atoms with E-state index in [2.05, 4.69) is 11.8 Å². The van der Waals surface area contributed by atoms with E-state index in [4.69, 9.17) is 5.11 Å². The molecule has 0 bridgehead atoms. The highest BCUT2D eigenvalue weighted by Crippen LogP contribution is 2.30. The number of hydrogen-bond donors (Lipinski definition) is 2. The van der Waals surface area contributed by atoms with Crippen LogP contribution in [0.1, 0.15) is 52.9 Å². The number of unbranched alkanes of at least 4 members (excludes halogenated alkanes) is 1. The van der Waals surface area contributed by atoms with Crippen LogP contribution in [0.2, 0.25) is 0 Å².